The summed E-state index contributed by atoms with van der Waals surface area (Å²) in [6.07, 6.45) is 1.71. The Morgan fingerprint density at radius 2 is 2.25 bits per heavy atom. The zero-order chi connectivity index (χ0) is 11.5. The van der Waals surface area contributed by atoms with Crippen LogP contribution in [-0.2, 0) is 0 Å². The molecule has 0 spiro atoms. The number of rotatable bonds is 1. The smallest absolute Gasteiger partial charge is 0.432 e. The van der Waals surface area contributed by atoms with Gasteiger partial charge in [0.15, 0.2) is 0 Å². The van der Waals surface area contributed by atoms with E-state index in [2.05, 4.69) is 5.10 Å². The molecule has 0 saturated heterocycles. The Bertz CT molecular complexity index is 581. The standard InChI is InChI=1S/C11H7N3O2/c12-5-8-2-1-3-9(4-8)10-6-13-14(7-10)11(15)16/h1-4,6-7H,(H,15,16). The van der Waals surface area contributed by atoms with Crippen LogP contribution in [0.1, 0.15) is 5.56 Å². The second kappa shape index (κ2) is 3.87. The second-order valence-corrected chi connectivity index (χ2v) is 3.15. The molecule has 78 valence electrons. The van der Waals surface area contributed by atoms with E-state index in [9.17, 15) is 4.79 Å². The Balaban J connectivity index is 2.43. The van der Waals surface area contributed by atoms with Gasteiger partial charge < -0.3 is 5.11 Å². The number of hydrogen-bond acceptors (Lipinski definition) is 3. The van der Waals surface area contributed by atoms with Crippen molar-refractivity contribution < 1.29 is 9.90 Å². The molecule has 0 saturated carbocycles. The molecule has 0 unspecified atom stereocenters. The molecule has 5 nitrogen and oxygen atoms in total. The summed E-state index contributed by atoms with van der Waals surface area (Å²) in [5, 5.41) is 21.1. The molecule has 2 aromatic rings. The van der Waals surface area contributed by atoms with E-state index in [4.69, 9.17) is 10.4 Å². The predicted octanol–water partition coefficient (Wildman–Crippen LogP) is 1.95. The van der Waals surface area contributed by atoms with Crippen molar-refractivity contribution in [1.29, 1.82) is 5.26 Å². The molecule has 0 atom stereocenters. The van der Waals surface area contributed by atoms with Gasteiger partial charge in [-0.05, 0) is 17.7 Å². The third-order valence-corrected chi connectivity index (χ3v) is 2.10. The highest BCUT2D eigenvalue weighted by molar-refractivity contribution is 5.71. The Hall–Kier alpha value is -2.61. The highest BCUT2D eigenvalue weighted by Crippen LogP contribution is 2.19. The van der Waals surface area contributed by atoms with Crippen LogP contribution in [0, 0.1) is 11.3 Å². The van der Waals surface area contributed by atoms with Crippen molar-refractivity contribution in [2.24, 2.45) is 0 Å². The van der Waals surface area contributed by atoms with E-state index in [1.807, 2.05) is 6.07 Å². The normalized spacial score (nSPS) is 9.69. The summed E-state index contributed by atoms with van der Waals surface area (Å²) in [4.78, 5) is 10.6. The van der Waals surface area contributed by atoms with Crippen LogP contribution < -0.4 is 0 Å². The molecule has 16 heavy (non-hydrogen) atoms. The van der Waals surface area contributed by atoms with Crippen LogP contribution in [-0.4, -0.2) is 21.0 Å². The first-order chi connectivity index (χ1) is 7.70. The molecule has 1 aromatic carbocycles. The van der Waals surface area contributed by atoms with Gasteiger partial charge in [-0.2, -0.15) is 15.0 Å². The minimum Gasteiger partial charge on any atom is -0.463 e. The third-order valence-electron chi connectivity index (χ3n) is 2.10. The van der Waals surface area contributed by atoms with Crippen LogP contribution in [0.15, 0.2) is 36.7 Å². The molecule has 0 amide bonds. The maximum absolute atomic E-state index is 10.6. The molecule has 0 aliphatic carbocycles. The number of carboxylic acid groups (broad SMARTS) is 1. The van der Waals surface area contributed by atoms with E-state index in [1.54, 1.807) is 24.3 Å². The summed E-state index contributed by atoms with van der Waals surface area (Å²) in [5.74, 6) is 0. The molecule has 0 aliphatic rings. The summed E-state index contributed by atoms with van der Waals surface area (Å²) in [7, 11) is 0. The second-order valence-electron chi connectivity index (χ2n) is 3.15. The summed E-state index contributed by atoms with van der Waals surface area (Å²) in [6.45, 7) is 0. The summed E-state index contributed by atoms with van der Waals surface area (Å²) >= 11 is 0. The lowest BCUT2D eigenvalue weighted by Crippen LogP contribution is -2.07. The third kappa shape index (κ3) is 1.77. The van der Waals surface area contributed by atoms with Crippen molar-refractivity contribution in [1.82, 2.24) is 9.78 Å². The minimum absolute atomic E-state index is 0.528. The predicted molar refractivity (Wildman–Crippen MR) is 55.8 cm³/mol. The van der Waals surface area contributed by atoms with E-state index < -0.39 is 6.09 Å². The highest BCUT2D eigenvalue weighted by Gasteiger charge is 2.06. The summed E-state index contributed by atoms with van der Waals surface area (Å²) < 4.78 is 0.828. The SMILES string of the molecule is N#Cc1cccc(-c2cnn(C(=O)O)c2)c1. The van der Waals surface area contributed by atoms with Gasteiger partial charge >= 0.3 is 6.09 Å². The highest BCUT2D eigenvalue weighted by atomic mass is 16.4. The van der Waals surface area contributed by atoms with Crippen LogP contribution in [0.2, 0.25) is 0 Å². The van der Waals surface area contributed by atoms with Gasteiger partial charge in [-0.15, -0.1) is 0 Å². The first kappa shape index (κ1) is 9.93. The molecule has 0 fully saturated rings. The molecule has 0 bridgehead atoms. The van der Waals surface area contributed by atoms with Gasteiger partial charge in [-0.1, -0.05) is 12.1 Å². The Morgan fingerprint density at radius 3 is 2.88 bits per heavy atom. The van der Waals surface area contributed by atoms with Gasteiger partial charge in [0.25, 0.3) is 0 Å². The van der Waals surface area contributed by atoms with Gasteiger partial charge in [0, 0.05) is 11.8 Å². The fourth-order valence-electron chi connectivity index (χ4n) is 1.34. The van der Waals surface area contributed by atoms with Crippen molar-refractivity contribution in [3.8, 4) is 17.2 Å². The van der Waals surface area contributed by atoms with Gasteiger partial charge in [-0.3, -0.25) is 0 Å². The van der Waals surface area contributed by atoms with E-state index in [0.29, 0.717) is 11.1 Å². The zero-order valence-electron chi connectivity index (χ0n) is 8.16. The molecule has 2 rings (SSSR count). The van der Waals surface area contributed by atoms with Gasteiger partial charge in [0.1, 0.15) is 0 Å². The zero-order valence-corrected chi connectivity index (χ0v) is 8.16. The number of aromatic nitrogens is 2. The number of hydrogen-bond donors (Lipinski definition) is 1. The largest absolute Gasteiger partial charge is 0.463 e. The lowest BCUT2D eigenvalue weighted by Gasteiger charge is -1.96. The fraction of sp³-hybridized carbons (Fsp3) is 0. The van der Waals surface area contributed by atoms with Crippen molar-refractivity contribution in [3.05, 3.63) is 42.2 Å². The minimum atomic E-state index is -1.14. The Labute approximate surface area is 91.2 Å². The molecule has 1 aromatic heterocycles. The van der Waals surface area contributed by atoms with Gasteiger partial charge in [0.05, 0.1) is 17.8 Å². The van der Waals surface area contributed by atoms with Crippen LogP contribution in [0.5, 0.6) is 0 Å². The number of nitrogens with zero attached hydrogens (tertiary/aromatic N) is 3. The number of nitriles is 1. The molecule has 0 aliphatic heterocycles. The molecule has 1 N–H and O–H groups in total. The average Bonchev–Trinajstić information content (AvgIpc) is 2.78. The van der Waals surface area contributed by atoms with Crippen LogP contribution in [0.3, 0.4) is 0 Å². The van der Waals surface area contributed by atoms with Crippen LogP contribution in [0.25, 0.3) is 11.1 Å². The van der Waals surface area contributed by atoms with Crippen molar-refractivity contribution in [2.75, 3.05) is 0 Å². The van der Waals surface area contributed by atoms with E-state index >= 15 is 0 Å². The lowest BCUT2D eigenvalue weighted by atomic mass is 10.1. The number of benzene rings is 1. The summed E-state index contributed by atoms with van der Waals surface area (Å²) in [5.41, 5.74) is 1.96. The maximum atomic E-state index is 10.6. The fourth-order valence-corrected chi connectivity index (χ4v) is 1.34. The first-order valence-corrected chi connectivity index (χ1v) is 4.49. The van der Waals surface area contributed by atoms with E-state index in [1.165, 1.54) is 12.4 Å². The van der Waals surface area contributed by atoms with Crippen LogP contribution >= 0.6 is 0 Å². The number of carbonyl (C=O) groups is 1. The maximum Gasteiger partial charge on any atom is 0.432 e. The van der Waals surface area contributed by atoms with Gasteiger partial charge in [-0.25, -0.2) is 4.79 Å². The van der Waals surface area contributed by atoms with E-state index in [0.717, 1.165) is 10.2 Å². The summed E-state index contributed by atoms with van der Waals surface area (Å²) in [6, 6.07) is 8.93. The first-order valence-electron chi connectivity index (χ1n) is 4.49. The van der Waals surface area contributed by atoms with Crippen LogP contribution in [0.4, 0.5) is 4.79 Å². The molecular weight excluding hydrogens is 206 g/mol. The van der Waals surface area contributed by atoms with Crippen molar-refractivity contribution >= 4 is 6.09 Å². The van der Waals surface area contributed by atoms with Crippen molar-refractivity contribution in [3.63, 3.8) is 0 Å². The average molecular weight is 213 g/mol. The monoisotopic (exact) mass is 213 g/mol. The lowest BCUT2D eigenvalue weighted by molar-refractivity contribution is 0.192. The quantitative estimate of drug-likeness (QED) is 0.785. The van der Waals surface area contributed by atoms with E-state index in [-0.39, 0.29) is 0 Å². The van der Waals surface area contributed by atoms with Crippen molar-refractivity contribution in [2.45, 2.75) is 0 Å². The molecular formula is C11H7N3O2. The van der Waals surface area contributed by atoms with Gasteiger partial charge in [0.2, 0.25) is 0 Å². The Morgan fingerprint density at radius 1 is 1.44 bits per heavy atom. The Kier molecular flexibility index (Phi) is 2.40. The topological polar surface area (TPSA) is 78.9 Å². The molecule has 5 heteroatoms. The molecule has 1 heterocycles. The molecule has 0 radical (unpaired) electrons.